The molecule has 1 N–H and O–H groups in total. The van der Waals surface area contributed by atoms with Gasteiger partial charge >= 0.3 is 0 Å². The molecule has 0 aromatic carbocycles. The van der Waals surface area contributed by atoms with Crippen molar-refractivity contribution in [1.82, 2.24) is 10.2 Å². The van der Waals surface area contributed by atoms with Gasteiger partial charge in [0.25, 0.3) is 0 Å². The van der Waals surface area contributed by atoms with Gasteiger partial charge in [-0.2, -0.15) is 0 Å². The highest BCUT2D eigenvalue weighted by Crippen LogP contribution is 2.26. The molecule has 0 saturated carbocycles. The number of ether oxygens (including phenoxy) is 1. The van der Waals surface area contributed by atoms with Crippen molar-refractivity contribution in [3.63, 3.8) is 0 Å². The summed E-state index contributed by atoms with van der Waals surface area (Å²) in [4.78, 5) is 13.7. The van der Waals surface area contributed by atoms with E-state index in [1.165, 1.54) is 0 Å². The summed E-state index contributed by atoms with van der Waals surface area (Å²) in [6, 6.07) is 0. The summed E-state index contributed by atoms with van der Waals surface area (Å²) in [7, 11) is 1.63. The number of likely N-dealkylation sites (tertiary alicyclic amines) is 1. The lowest BCUT2D eigenvalue weighted by Gasteiger charge is -2.17. The molecule has 0 unspecified atom stereocenters. The predicted octanol–water partition coefficient (Wildman–Crippen LogP) is -0.299. The van der Waals surface area contributed by atoms with Crippen LogP contribution in [0.2, 0.25) is 0 Å². The van der Waals surface area contributed by atoms with E-state index in [1.807, 2.05) is 4.90 Å². The van der Waals surface area contributed by atoms with E-state index in [1.54, 1.807) is 7.11 Å². The third kappa shape index (κ3) is 1.91. The standard InChI is InChI=1S/C10H18N2O2/c1-14-3-2-10(13)12-6-8-4-11-5-9(8)7-12/h8-9,11H,2-7H2,1H3/t8-,9+. The van der Waals surface area contributed by atoms with Crippen LogP contribution in [-0.4, -0.2) is 50.7 Å². The monoisotopic (exact) mass is 198 g/mol. The van der Waals surface area contributed by atoms with Crippen LogP contribution in [0.4, 0.5) is 0 Å². The number of carbonyl (C=O) groups is 1. The van der Waals surface area contributed by atoms with Crippen LogP contribution in [0.3, 0.4) is 0 Å². The van der Waals surface area contributed by atoms with Crippen molar-refractivity contribution in [3.8, 4) is 0 Å². The molecule has 0 aromatic heterocycles. The number of nitrogens with one attached hydrogen (secondary N) is 1. The quantitative estimate of drug-likeness (QED) is 0.677. The molecule has 4 heteroatoms. The summed E-state index contributed by atoms with van der Waals surface area (Å²) in [5.41, 5.74) is 0. The molecule has 0 spiro atoms. The Kier molecular flexibility index (Phi) is 3.03. The summed E-state index contributed by atoms with van der Waals surface area (Å²) >= 11 is 0. The van der Waals surface area contributed by atoms with Crippen molar-refractivity contribution >= 4 is 5.91 Å². The highest BCUT2D eigenvalue weighted by Gasteiger charge is 2.37. The highest BCUT2D eigenvalue weighted by molar-refractivity contribution is 5.76. The van der Waals surface area contributed by atoms with Crippen LogP contribution in [0.1, 0.15) is 6.42 Å². The number of rotatable bonds is 3. The maximum Gasteiger partial charge on any atom is 0.224 e. The Hall–Kier alpha value is -0.610. The molecule has 0 radical (unpaired) electrons. The molecule has 2 atom stereocenters. The van der Waals surface area contributed by atoms with E-state index < -0.39 is 0 Å². The molecular formula is C10H18N2O2. The molecule has 4 nitrogen and oxygen atoms in total. The minimum atomic E-state index is 0.251. The van der Waals surface area contributed by atoms with E-state index in [4.69, 9.17) is 4.74 Å². The third-order valence-electron chi connectivity index (χ3n) is 3.26. The number of nitrogens with zero attached hydrogens (tertiary/aromatic N) is 1. The van der Waals surface area contributed by atoms with Gasteiger partial charge < -0.3 is 15.0 Å². The summed E-state index contributed by atoms with van der Waals surface area (Å²) in [6.45, 7) is 4.60. The van der Waals surface area contributed by atoms with E-state index in [9.17, 15) is 4.79 Å². The SMILES string of the molecule is COCCC(=O)N1C[C@H]2CNC[C@H]2C1. The zero-order valence-corrected chi connectivity index (χ0v) is 8.66. The zero-order valence-electron chi connectivity index (χ0n) is 8.66. The molecule has 2 saturated heterocycles. The molecule has 80 valence electrons. The topological polar surface area (TPSA) is 41.6 Å². The Morgan fingerprint density at radius 2 is 2.07 bits per heavy atom. The van der Waals surface area contributed by atoms with Crippen molar-refractivity contribution in [3.05, 3.63) is 0 Å². The molecule has 2 aliphatic heterocycles. The van der Waals surface area contributed by atoms with Gasteiger partial charge in [0.2, 0.25) is 5.91 Å². The second-order valence-corrected chi connectivity index (χ2v) is 4.22. The van der Waals surface area contributed by atoms with Crippen LogP contribution in [0.5, 0.6) is 0 Å². The second-order valence-electron chi connectivity index (χ2n) is 4.22. The van der Waals surface area contributed by atoms with Crippen LogP contribution in [0, 0.1) is 11.8 Å². The van der Waals surface area contributed by atoms with Gasteiger partial charge in [0.1, 0.15) is 0 Å². The zero-order chi connectivity index (χ0) is 9.97. The average molecular weight is 198 g/mol. The summed E-state index contributed by atoms with van der Waals surface area (Å²) in [6.07, 6.45) is 0.531. The van der Waals surface area contributed by atoms with Gasteiger partial charge in [-0.25, -0.2) is 0 Å². The molecule has 2 aliphatic rings. The fraction of sp³-hybridized carbons (Fsp3) is 0.900. The van der Waals surface area contributed by atoms with Crippen molar-refractivity contribution in [1.29, 1.82) is 0 Å². The minimum absolute atomic E-state index is 0.251. The second kappa shape index (κ2) is 4.28. The minimum Gasteiger partial charge on any atom is -0.384 e. The highest BCUT2D eigenvalue weighted by atomic mass is 16.5. The van der Waals surface area contributed by atoms with E-state index in [0.717, 1.165) is 26.2 Å². The van der Waals surface area contributed by atoms with Crippen LogP contribution in [0.25, 0.3) is 0 Å². The number of hydrogen-bond acceptors (Lipinski definition) is 3. The van der Waals surface area contributed by atoms with Gasteiger partial charge in [-0.15, -0.1) is 0 Å². The molecule has 2 fully saturated rings. The Morgan fingerprint density at radius 1 is 1.43 bits per heavy atom. The number of fused-ring (bicyclic) bond motifs is 1. The first-order chi connectivity index (χ1) is 6.81. The van der Waals surface area contributed by atoms with Gasteiger partial charge in [-0.1, -0.05) is 0 Å². The molecule has 0 aromatic rings. The number of hydrogen-bond donors (Lipinski definition) is 1. The number of carbonyl (C=O) groups excluding carboxylic acids is 1. The smallest absolute Gasteiger partial charge is 0.224 e. The Balaban J connectivity index is 1.80. The van der Waals surface area contributed by atoms with E-state index in [-0.39, 0.29) is 5.91 Å². The fourth-order valence-electron chi connectivity index (χ4n) is 2.41. The molecular weight excluding hydrogens is 180 g/mol. The van der Waals surface area contributed by atoms with Gasteiger partial charge in [0, 0.05) is 33.3 Å². The maximum atomic E-state index is 11.7. The maximum absolute atomic E-state index is 11.7. The van der Waals surface area contributed by atoms with Crippen LogP contribution >= 0.6 is 0 Å². The molecule has 0 aliphatic carbocycles. The lowest BCUT2D eigenvalue weighted by atomic mass is 10.0. The summed E-state index contributed by atoms with van der Waals surface area (Å²) in [5.74, 6) is 1.64. The Labute approximate surface area is 84.6 Å². The number of methoxy groups -OCH3 is 1. The summed E-state index contributed by atoms with van der Waals surface area (Å²) in [5, 5.41) is 3.36. The van der Waals surface area contributed by atoms with Crippen LogP contribution in [0.15, 0.2) is 0 Å². The first-order valence-electron chi connectivity index (χ1n) is 5.28. The van der Waals surface area contributed by atoms with Crippen molar-refractivity contribution in [2.75, 3.05) is 39.9 Å². The van der Waals surface area contributed by atoms with Gasteiger partial charge in [-0.05, 0) is 11.8 Å². The third-order valence-corrected chi connectivity index (χ3v) is 3.26. The Bertz CT molecular complexity index is 208. The molecule has 0 bridgehead atoms. The van der Waals surface area contributed by atoms with Crippen LogP contribution < -0.4 is 5.32 Å². The Morgan fingerprint density at radius 3 is 2.64 bits per heavy atom. The first kappa shape index (κ1) is 9.93. The van der Waals surface area contributed by atoms with Crippen molar-refractivity contribution in [2.24, 2.45) is 11.8 Å². The number of amides is 1. The lowest BCUT2D eigenvalue weighted by molar-refractivity contribution is -0.131. The van der Waals surface area contributed by atoms with Crippen molar-refractivity contribution < 1.29 is 9.53 Å². The first-order valence-corrected chi connectivity index (χ1v) is 5.28. The van der Waals surface area contributed by atoms with E-state index >= 15 is 0 Å². The molecule has 2 rings (SSSR count). The molecule has 14 heavy (non-hydrogen) atoms. The van der Waals surface area contributed by atoms with Gasteiger partial charge in [-0.3, -0.25) is 4.79 Å². The fourth-order valence-corrected chi connectivity index (χ4v) is 2.41. The van der Waals surface area contributed by atoms with Crippen molar-refractivity contribution in [2.45, 2.75) is 6.42 Å². The molecule has 1 amide bonds. The largest absolute Gasteiger partial charge is 0.384 e. The predicted molar refractivity (Wildman–Crippen MR) is 52.9 cm³/mol. The summed E-state index contributed by atoms with van der Waals surface area (Å²) < 4.78 is 4.91. The lowest BCUT2D eigenvalue weighted by Crippen LogP contribution is -2.32. The average Bonchev–Trinajstić information content (AvgIpc) is 2.72. The van der Waals surface area contributed by atoms with Crippen LogP contribution in [-0.2, 0) is 9.53 Å². The molecule has 2 heterocycles. The van der Waals surface area contributed by atoms with E-state index in [2.05, 4.69) is 5.32 Å². The van der Waals surface area contributed by atoms with E-state index in [0.29, 0.717) is 24.9 Å². The van der Waals surface area contributed by atoms with Gasteiger partial charge in [0.05, 0.1) is 13.0 Å². The van der Waals surface area contributed by atoms with Gasteiger partial charge in [0.15, 0.2) is 0 Å². The normalized spacial score (nSPS) is 30.8.